The van der Waals surface area contributed by atoms with Crippen LogP contribution in [0.5, 0.6) is 0 Å². The second kappa shape index (κ2) is 6.22. The van der Waals surface area contributed by atoms with Crippen LogP contribution in [0.2, 0.25) is 0 Å². The molecule has 1 aromatic carbocycles. The Bertz CT molecular complexity index is 884. The fraction of sp³-hybridized carbons (Fsp3) is 0.476. The Balaban J connectivity index is 1.26. The smallest absolute Gasteiger partial charge is 0.270 e. The molecule has 2 amide bonds. The molecule has 2 aliphatic heterocycles. The van der Waals surface area contributed by atoms with Gasteiger partial charge >= 0.3 is 0 Å². The highest BCUT2D eigenvalue weighted by Gasteiger charge is 2.56. The normalized spacial score (nSPS) is 26.5. The second-order valence-electron chi connectivity index (χ2n) is 8.11. The third-order valence-electron chi connectivity index (χ3n) is 6.66. The first kappa shape index (κ1) is 16.5. The van der Waals surface area contributed by atoms with Crippen molar-refractivity contribution in [1.29, 1.82) is 0 Å². The summed E-state index contributed by atoms with van der Waals surface area (Å²) in [5.74, 6) is 1.19. The van der Waals surface area contributed by atoms with Gasteiger partial charge in [0.05, 0.1) is 6.42 Å². The van der Waals surface area contributed by atoms with E-state index in [-0.39, 0.29) is 23.6 Å². The fourth-order valence-electron chi connectivity index (χ4n) is 4.90. The Kier molecular flexibility index (Phi) is 3.81. The van der Waals surface area contributed by atoms with Gasteiger partial charge in [0, 0.05) is 18.5 Å². The van der Waals surface area contributed by atoms with Crippen molar-refractivity contribution in [2.75, 3.05) is 6.54 Å². The topological polar surface area (TPSA) is 89.4 Å². The lowest BCUT2D eigenvalue weighted by molar-refractivity contribution is -0.130. The summed E-state index contributed by atoms with van der Waals surface area (Å²) in [6, 6.07) is 8.61. The molecule has 0 radical (unpaired) electrons. The summed E-state index contributed by atoms with van der Waals surface area (Å²) < 4.78 is 5.46. The molecule has 2 N–H and O–H groups in total. The van der Waals surface area contributed by atoms with E-state index in [0.29, 0.717) is 30.6 Å². The first-order chi connectivity index (χ1) is 13.1. The molecule has 2 aromatic rings. The van der Waals surface area contributed by atoms with E-state index >= 15 is 0 Å². The minimum absolute atomic E-state index is 0.0416. The fourth-order valence-corrected chi connectivity index (χ4v) is 4.90. The van der Waals surface area contributed by atoms with Crippen LogP contribution in [0.15, 0.2) is 35.1 Å². The molecule has 3 atom stereocenters. The molecule has 3 heterocycles. The number of amides is 2. The monoisotopic (exact) mass is 365 g/mol. The molecule has 3 unspecified atom stereocenters. The minimum Gasteiger partial charge on any atom is -0.447 e. The van der Waals surface area contributed by atoms with Crippen LogP contribution in [0.4, 0.5) is 0 Å². The first-order valence-corrected chi connectivity index (χ1v) is 9.73. The molecule has 4 fully saturated rings. The highest BCUT2D eigenvalue weighted by molar-refractivity contribution is 5.92. The predicted octanol–water partition coefficient (Wildman–Crippen LogP) is 2.60. The van der Waals surface area contributed by atoms with Gasteiger partial charge in [-0.3, -0.25) is 9.59 Å². The number of aromatic nitrogens is 1. The largest absolute Gasteiger partial charge is 0.447 e. The number of benzene rings is 1. The van der Waals surface area contributed by atoms with E-state index in [1.165, 1.54) is 31.2 Å². The lowest BCUT2D eigenvalue weighted by Crippen LogP contribution is -2.40. The van der Waals surface area contributed by atoms with Crippen molar-refractivity contribution in [2.24, 2.45) is 11.7 Å². The Hall–Kier alpha value is -2.63. The van der Waals surface area contributed by atoms with E-state index in [0.717, 1.165) is 12.0 Å². The van der Waals surface area contributed by atoms with E-state index in [9.17, 15) is 9.59 Å². The van der Waals surface area contributed by atoms with Crippen LogP contribution in [-0.4, -0.2) is 34.3 Å². The number of hydrogen-bond acceptors (Lipinski definition) is 4. The second-order valence-corrected chi connectivity index (χ2v) is 8.11. The van der Waals surface area contributed by atoms with Crippen LogP contribution in [-0.2, 0) is 11.2 Å². The number of rotatable bonds is 5. The third kappa shape index (κ3) is 2.66. The zero-order valence-electron chi connectivity index (χ0n) is 15.1. The zero-order chi connectivity index (χ0) is 18.5. The van der Waals surface area contributed by atoms with E-state index in [2.05, 4.69) is 29.2 Å². The summed E-state index contributed by atoms with van der Waals surface area (Å²) in [4.78, 5) is 30.3. The maximum absolute atomic E-state index is 12.9. The zero-order valence-corrected chi connectivity index (χ0v) is 15.1. The molecule has 1 aromatic heterocycles. The van der Waals surface area contributed by atoms with Gasteiger partial charge < -0.3 is 15.1 Å². The molecule has 2 aliphatic carbocycles. The van der Waals surface area contributed by atoms with Crippen LogP contribution in [0, 0.1) is 5.92 Å². The van der Waals surface area contributed by atoms with Gasteiger partial charge in [0.25, 0.3) is 5.91 Å². The number of carbonyl (C=O) groups excluding carboxylic acids is 2. The van der Waals surface area contributed by atoms with Crippen molar-refractivity contribution in [3.05, 3.63) is 53.2 Å². The van der Waals surface area contributed by atoms with E-state index in [4.69, 9.17) is 10.2 Å². The van der Waals surface area contributed by atoms with Crippen molar-refractivity contribution in [1.82, 2.24) is 9.88 Å². The summed E-state index contributed by atoms with van der Waals surface area (Å²) in [5.41, 5.74) is 8.04. The van der Waals surface area contributed by atoms with E-state index in [1.54, 1.807) is 0 Å². The number of hydrogen-bond donors (Lipinski definition) is 1. The Morgan fingerprint density at radius 1 is 1.22 bits per heavy atom. The number of fused-ring (bicyclic) bond motifs is 1. The Labute approximate surface area is 157 Å². The minimum atomic E-state index is -0.575. The van der Waals surface area contributed by atoms with Crippen molar-refractivity contribution in [3.63, 3.8) is 0 Å². The molecule has 140 valence electrons. The standard InChI is InChI=1S/C21H23N3O3/c22-21(26)19-20(27-11-23-19)18-15-9-16(18)24(10-15)17(25)8-12-4-6-14(7-5-12)13-2-1-3-13/h4-7,11,13,15-16,18H,1-3,8-10H2,(H2,22,26). The Morgan fingerprint density at radius 2 is 2.00 bits per heavy atom. The van der Waals surface area contributed by atoms with Gasteiger partial charge in [-0.25, -0.2) is 4.98 Å². The summed E-state index contributed by atoms with van der Waals surface area (Å²) in [6.45, 7) is 0.716. The van der Waals surface area contributed by atoms with Gasteiger partial charge in [0.15, 0.2) is 12.1 Å². The highest BCUT2D eigenvalue weighted by Crippen LogP contribution is 2.53. The van der Waals surface area contributed by atoms with Gasteiger partial charge in [-0.1, -0.05) is 30.7 Å². The number of nitrogens with two attached hydrogens (primary N) is 1. The van der Waals surface area contributed by atoms with Gasteiger partial charge in [-0.2, -0.15) is 0 Å². The van der Waals surface area contributed by atoms with Crippen LogP contribution < -0.4 is 5.73 Å². The molecule has 6 nitrogen and oxygen atoms in total. The molecular formula is C21H23N3O3. The maximum Gasteiger partial charge on any atom is 0.270 e. The third-order valence-corrected chi connectivity index (χ3v) is 6.66. The van der Waals surface area contributed by atoms with Gasteiger partial charge in [0.1, 0.15) is 5.76 Å². The summed E-state index contributed by atoms with van der Waals surface area (Å²) >= 11 is 0. The number of nitrogens with zero attached hydrogens (tertiary/aromatic N) is 2. The van der Waals surface area contributed by atoms with E-state index < -0.39 is 5.91 Å². The van der Waals surface area contributed by atoms with Crippen molar-refractivity contribution in [3.8, 4) is 0 Å². The van der Waals surface area contributed by atoms with Crippen LogP contribution >= 0.6 is 0 Å². The molecule has 2 saturated carbocycles. The van der Waals surface area contributed by atoms with Crippen LogP contribution in [0.3, 0.4) is 0 Å². The molecule has 6 heteroatoms. The average molecular weight is 365 g/mol. The van der Waals surface area contributed by atoms with Crippen LogP contribution in [0.1, 0.15) is 64.9 Å². The SMILES string of the molecule is NC(=O)c1ncoc1C1C2CC1N(C(=O)Cc1ccc(C3CCC3)cc1)C2. The average Bonchev–Trinajstić information content (AvgIpc) is 3.28. The van der Waals surface area contributed by atoms with Gasteiger partial charge in [-0.15, -0.1) is 0 Å². The Morgan fingerprint density at radius 3 is 2.67 bits per heavy atom. The molecule has 4 aliphatic rings. The summed E-state index contributed by atoms with van der Waals surface area (Å²) in [7, 11) is 0. The number of primary amides is 1. The molecule has 2 saturated heterocycles. The van der Waals surface area contributed by atoms with Gasteiger partial charge in [0.2, 0.25) is 5.91 Å². The lowest BCUT2D eigenvalue weighted by atomic mass is 9.72. The van der Waals surface area contributed by atoms with Gasteiger partial charge in [-0.05, 0) is 42.2 Å². The quantitative estimate of drug-likeness (QED) is 0.882. The molecule has 27 heavy (non-hydrogen) atoms. The summed E-state index contributed by atoms with van der Waals surface area (Å²) in [6.07, 6.45) is 6.53. The van der Waals surface area contributed by atoms with E-state index in [1.807, 2.05) is 4.90 Å². The van der Waals surface area contributed by atoms with Crippen molar-refractivity contribution in [2.45, 2.75) is 50.0 Å². The van der Waals surface area contributed by atoms with Crippen LogP contribution in [0.25, 0.3) is 0 Å². The van der Waals surface area contributed by atoms with Crippen molar-refractivity contribution < 1.29 is 14.0 Å². The lowest BCUT2D eigenvalue weighted by Gasteiger charge is -2.35. The molecular weight excluding hydrogens is 342 g/mol. The number of carbonyl (C=O) groups is 2. The highest BCUT2D eigenvalue weighted by atomic mass is 16.3. The predicted molar refractivity (Wildman–Crippen MR) is 98.1 cm³/mol. The maximum atomic E-state index is 12.9. The molecule has 2 bridgehead atoms. The first-order valence-electron chi connectivity index (χ1n) is 9.73. The van der Waals surface area contributed by atoms with Crippen molar-refractivity contribution >= 4 is 11.8 Å². The molecule has 0 spiro atoms. The summed E-state index contributed by atoms with van der Waals surface area (Å²) in [5, 5.41) is 0. The molecule has 6 rings (SSSR count). The number of oxazole rings is 1.